The molecule has 1 aliphatic rings. The molecule has 1 fully saturated rings. The minimum absolute atomic E-state index is 0.245. The van der Waals surface area contributed by atoms with Gasteiger partial charge < -0.3 is 9.47 Å². The first kappa shape index (κ1) is 15.1. The molecule has 0 aliphatic carbocycles. The quantitative estimate of drug-likeness (QED) is 0.624. The summed E-state index contributed by atoms with van der Waals surface area (Å²) in [6.07, 6.45) is -11.9. The van der Waals surface area contributed by atoms with E-state index in [0.717, 1.165) is 12.1 Å². The second-order valence-corrected chi connectivity index (χ2v) is 4.33. The van der Waals surface area contributed by atoms with Crippen LogP contribution in [0.5, 0.6) is 0 Å². The van der Waals surface area contributed by atoms with E-state index in [4.69, 9.17) is 9.47 Å². The molecule has 0 aromatic heterocycles. The smallest absolute Gasteiger partial charge is 0.371 e. The summed E-state index contributed by atoms with van der Waals surface area (Å²) < 4.78 is 85.0. The molecule has 0 bridgehead atoms. The molecule has 1 saturated heterocycles. The van der Waals surface area contributed by atoms with Gasteiger partial charge in [0.25, 0.3) is 0 Å². The van der Waals surface area contributed by atoms with E-state index in [0.29, 0.717) is 18.7 Å². The van der Waals surface area contributed by atoms with Crippen molar-refractivity contribution in [1.82, 2.24) is 0 Å². The number of benzene rings is 1. The van der Waals surface area contributed by atoms with E-state index in [1.165, 1.54) is 0 Å². The van der Waals surface area contributed by atoms with Crippen molar-refractivity contribution in [3.63, 3.8) is 0 Å². The molecule has 2 atom stereocenters. The first-order valence-corrected chi connectivity index (χ1v) is 5.65. The Morgan fingerprint density at radius 1 is 1.10 bits per heavy atom. The van der Waals surface area contributed by atoms with E-state index >= 15 is 0 Å². The first-order valence-electron chi connectivity index (χ1n) is 5.65. The van der Waals surface area contributed by atoms with Gasteiger partial charge in [0.05, 0.1) is 18.8 Å². The lowest BCUT2D eigenvalue weighted by Gasteiger charge is -2.21. The highest BCUT2D eigenvalue weighted by Gasteiger charge is 2.43. The predicted octanol–water partition coefficient (Wildman–Crippen LogP) is 3.72. The summed E-state index contributed by atoms with van der Waals surface area (Å²) in [6.45, 7) is 0.0861. The van der Waals surface area contributed by atoms with Crippen LogP contribution in [0.4, 0.5) is 26.3 Å². The highest BCUT2D eigenvalue weighted by Crippen LogP contribution is 2.38. The molecule has 1 aliphatic heterocycles. The number of hydrogen-bond acceptors (Lipinski definition) is 2. The fourth-order valence-electron chi connectivity index (χ4n) is 1.59. The van der Waals surface area contributed by atoms with E-state index in [1.54, 1.807) is 0 Å². The molecule has 0 unspecified atom stereocenters. The Balaban J connectivity index is 2.15. The molecular formula is C12H10F6O2. The Kier molecular flexibility index (Phi) is 3.97. The summed E-state index contributed by atoms with van der Waals surface area (Å²) in [5.74, 6) is 0. The number of epoxide rings is 1. The monoisotopic (exact) mass is 300 g/mol. The Hall–Kier alpha value is -1.28. The van der Waals surface area contributed by atoms with E-state index < -0.39 is 24.0 Å². The van der Waals surface area contributed by atoms with Gasteiger partial charge in [0.1, 0.15) is 6.10 Å². The zero-order valence-corrected chi connectivity index (χ0v) is 9.96. The average Bonchev–Trinajstić information content (AvgIpc) is 3.11. The number of hydrogen-bond donors (Lipinski definition) is 0. The van der Waals surface area contributed by atoms with Gasteiger partial charge in [0.2, 0.25) is 0 Å². The SMILES string of the molecule is FC(F)(F)c1ccc([C@H](OC[C@@H]2CO2)C(F)(F)F)cc1. The summed E-state index contributed by atoms with van der Waals surface area (Å²) >= 11 is 0. The lowest BCUT2D eigenvalue weighted by Crippen LogP contribution is -2.25. The molecule has 0 N–H and O–H groups in total. The van der Waals surface area contributed by atoms with E-state index in [-0.39, 0.29) is 18.3 Å². The van der Waals surface area contributed by atoms with E-state index in [2.05, 4.69) is 0 Å². The Morgan fingerprint density at radius 3 is 2.05 bits per heavy atom. The van der Waals surface area contributed by atoms with E-state index in [1.807, 2.05) is 0 Å². The fraction of sp³-hybridized carbons (Fsp3) is 0.500. The number of halogens is 6. The maximum absolute atomic E-state index is 12.8. The molecule has 0 radical (unpaired) electrons. The van der Waals surface area contributed by atoms with Crippen molar-refractivity contribution in [2.24, 2.45) is 0 Å². The number of ether oxygens (including phenoxy) is 2. The van der Waals surface area contributed by atoms with Crippen molar-refractivity contribution in [1.29, 1.82) is 0 Å². The van der Waals surface area contributed by atoms with Crippen LogP contribution in [0.1, 0.15) is 17.2 Å². The summed E-state index contributed by atoms with van der Waals surface area (Å²) in [7, 11) is 0. The number of rotatable bonds is 4. The lowest BCUT2D eigenvalue weighted by molar-refractivity contribution is -0.224. The largest absolute Gasteiger partial charge is 0.418 e. The second kappa shape index (κ2) is 5.25. The van der Waals surface area contributed by atoms with Crippen molar-refractivity contribution in [3.8, 4) is 0 Å². The van der Waals surface area contributed by atoms with Gasteiger partial charge in [-0.05, 0) is 17.7 Å². The minimum Gasteiger partial charge on any atom is -0.371 e. The molecule has 20 heavy (non-hydrogen) atoms. The Bertz CT molecular complexity index is 447. The highest BCUT2D eigenvalue weighted by atomic mass is 19.4. The maximum atomic E-state index is 12.8. The third-order valence-corrected chi connectivity index (χ3v) is 2.69. The third kappa shape index (κ3) is 3.86. The van der Waals surface area contributed by atoms with Crippen molar-refractivity contribution in [3.05, 3.63) is 35.4 Å². The normalized spacial score (nSPS) is 20.8. The first-order chi connectivity index (χ1) is 9.18. The maximum Gasteiger partial charge on any atom is 0.418 e. The van der Waals surface area contributed by atoms with Crippen LogP contribution in [-0.4, -0.2) is 25.5 Å². The van der Waals surface area contributed by atoms with Gasteiger partial charge in [-0.3, -0.25) is 0 Å². The van der Waals surface area contributed by atoms with Crippen LogP contribution < -0.4 is 0 Å². The third-order valence-electron chi connectivity index (χ3n) is 2.69. The van der Waals surface area contributed by atoms with E-state index in [9.17, 15) is 26.3 Å². The van der Waals surface area contributed by atoms with Crippen LogP contribution in [0.25, 0.3) is 0 Å². The van der Waals surface area contributed by atoms with Crippen LogP contribution in [-0.2, 0) is 15.7 Å². The average molecular weight is 300 g/mol. The molecule has 0 amide bonds. The van der Waals surface area contributed by atoms with Gasteiger partial charge in [-0.25, -0.2) is 0 Å². The van der Waals surface area contributed by atoms with Gasteiger partial charge >= 0.3 is 12.4 Å². The van der Waals surface area contributed by atoms with Crippen LogP contribution in [0.2, 0.25) is 0 Å². The fourth-order valence-corrected chi connectivity index (χ4v) is 1.59. The second-order valence-electron chi connectivity index (χ2n) is 4.33. The van der Waals surface area contributed by atoms with Crippen molar-refractivity contribution >= 4 is 0 Å². The summed E-state index contributed by atoms with van der Waals surface area (Å²) in [5, 5.41) is 0. The molecule has 112 valence electrons. The minimum atomic E-state index is -4.70. The summed E-state index contributed by atoms with van der Waals surface area (Å²) in [5.41, 5.74) is -1.38. The van der Waals surface area contributed by atoms with Gasteiger partial charge in [0, 0.05) is 0 Å². The summed E-state index contributed by atoms with van der Waals surface area (Å²) in [6, 6.07) is 2.75. The molecule has 2 rings (SSSR count). The molecule has 2 nitrogen and oxygen atoms in total. The molecule has 8 heteroatoms. The standard InChI is InChI=1S/C12H10F6O2/c13-11(14,15)8-3-1-7(2-4-8)10(12(16,17)18)20-6-9-5-19-9/h1-4,9-10H,5-6H2/t9-,10-/m0/s1. The van der Waals surface area contributed by atoms with Gasteiger partial charge in [-0.1, -0.05) is 12.1 Å². The van der Waals surface area contributed by atoms with Crippen molar-refractivity contribution in [2.75, 3.05) is 13.2 Å². The van der Waals surface area contributed by atoms with Gasteiger partial charge in [-0.2, -0.15) is 26.3 Å². The molecule has 1 aromatic rings. The summed E-state index contributed by atoms with van der Waals surface area (Å²) in [4.78, 5) is 0. The molecule has 0 saturated carbocycles. The number of alkyl halides is 6. The van der Waals surface area contributed by atoms with Gasteiger partial charge in [-0.15, -0.1) is 0 Å². The Labute approximate surface area is 110 Å². The zero-order chi connectivity index (χ0) is 15.0. The predicted molar refractivity (Wildman–Crippen MR) is 55.9 cm³/mol. The van der Waals surface area contributed by atoms with Gasteiger partial charge in [0.15, 0.2) is 6.10 Å². The zero-order valence-electron chi connectivity index (χ0n) is 9.96. The molecular weight excluding hydrogens is 290 g/mol. The van der Waals surface area contributed by atoms with Crippen LogP contribution in [0.3, 0.4) is 0 Å². The highest BCUT2D eigenvalue weighted by molar-refractivity contribution is 5.26. The van der Waals surface area contributed by atoms with Crippen molar-refractivity contribution in [2.45, 2.75) is 24.6 Å². The molecule has 1 aromatic carbocycles. The lowest BCUT2D eigenvalue weighted by atomic mass is 10.1. The van der Waals surface area contributed by atoms with Crippen LogP contribution in [0, 0.1) is 0 Å². The van der Waals surface area contributed by atoms with Crippen molar-refractivity contribution < 1.29 is 35.8 Å². The molecule has 1 heterocycles. The Morgan fingerprint density at radius 2 is 1.65 bits per heavy atom. The van der Waals surface area contributed by atoms with Crippen LogP contribution in [0.15, 0.2) is 24.3 Å². The topological polar surface area (TPSA) is 21.8 Å². The molecule has 0 spiro atoms. The van der Waals surface area contributed by atoms with Crippen LogP contribution >= 0.6 is 0 Å².